The molecular formula is C28H23N7. The fourth-order valence-corrected chi connectivity index (χ4v) is 4.89. The lowest BCUT2D eigenvalue weighted by Gasteiger charge is -2.09. The Bertz CT molecular complexity index is 1690. The standard InChI is InChI=1S/C28H23N7/c1-2-10-30-21-13-20(15-29-16-21)18-7-8-23-22(14-18)26(35-34-23)28-32-24-9-11-31-25(27(24)33-28)19-6-3-5-17(4-1)12-19/h3,5-9,11-16,30H,1-2,4,10H2,(H,32,33)(H,34,35). The Labute approximate surface area is 201 Å². The van der Waals surface area contributed by atoms with Crippen LogP contribution in [0, 0.1) is 0 Å². The van der Waals surface area contributed by atoms with E-state index in [-0.39, 0.29) is 0 Å². The van der Waals surface area contributed by atoms with Crippen molar-refractivity contribution in [3.8, 4) is 33.9 Å². The molecule has 170 valence electrons. The summed E-state index contributed by atoms with van der Waals surface area (Å²) in [6, 6.07) is 19.1. The van der Waals surface area contributed by atoms with E-state index >= 15 is 0 Å². The molecule has 7 nitrogen and oxygen atoms in total. The maximum absolute atomic E-state index is 4.98. The molecule has 7 heteroatoms. The lowest BCUT2D eigenvalue weighted by Crippen LogP contribution is -2.02. The van der Waals surface area contributed by atoms with Crippen LogP contribution >= 0.6 is 0 Å². The third kappa shape index (κ3) is 3.52. The Balaban J connectivity index is 1.44. The summed E-state index contributed by atoms with van der Waals surface area (Å²) in [6.07, 6.45) is 8.83. The monoisotopic (exact) mass is 457 g/mol. The Morgan fingerprint density at radius 2 is 1.80 bits per heavy atom. The van der Waals surface area contributed by atoms with Crippen molar-refractivity contribution in [1.29, 1.82) is 0 Å². The van der Waals surface area contributed by atoms with E-state index < -0.39 is 0 Å². The molecule has 0 aliphatic carbocycles. The number of rotatable bonds is 0. The second-order valence-corrected chi connectivity index (χ2v) is 9.02. The van der Waals surface area contributed by atoms with E-state index in [9.17, 15) is 0 Å². The van der Waals surface area contributed by atoms with Crippen molar-refractivity contribution >= 4 is 27.6 Å². The normalized spacial score (nSPS) is 13.5. The van der Waals surface area contributed by atoms with E-state index in [2.05, 4.69) is 74.0 Å². The zero-order valence-corrected chi connectivity index (χ0v) is 19.0. The summed E-state index contributed by atoms with van der Waals surface area (Å²) in [4.78, 5) is 17.6. The van der Waals surface area contributed by atoms with Gasteiger partial charge in [0.15, 0.2) is 5.82 Å². The van der Waals surface area contributed by atoms with Crippen molar-refractivity contribution in [1.82, 2.24) is 30.1 Å². The van der Waals surface area contributed by atoms with Crippen LogP contribution in [0.25, 0.3) is 55.8 Å². The summed E-state index contributed by atoms with van der Waals surface area (Å²) in [7, 11) is 0. The molecule has 0 spiro atoms. The van der Waals surface area contributed by atoms with Gasteiger partial charge in [-0.15, -0.1) is 0 Å². The minimum Gasteiger partial charge on any atom is -0.384 e. The first kappa shape index (κ1) is 19.9. The van der Waals surface area contributed by atoms with E-state index in [0.29, 0.717) is 0 Å². The second-order valence-electron chi connectivity index (χ2n) is 9.02. The van der Waals surface area contributed by atoms with Gasteiger partial charge in [0.2, 0.25) is 0 Å². The highest BCUT2D eigenvalue weighted by Crippen LogP contribution is 2.33. The van der Waals surface area contributed by atoms with Crippen LogP contribution in [-0.4, -0.2) is 36.7 Å². The van der Waals surface area contributed by atoms with Crippen LogP contribution in [0.3, 0.4) is 0 Å². The molecule has 35 heavy (non-hydrogen) atoms. The topological polar surface area (TPSA) is 95.2 Å². The van der Waals surface area contributed by atoms with Gasteiger partial charge >= 0.3 is 0 Å². The lowest BCUT2D eigenvalue weighted by molar-refractivity contribution is 0.763. The molecule has 5 heterocycles. The number of aromatic amines is 2. The molecule has 0 fully saturated rings. The maximum atomic E-state index is 4.98. The van der Waals surface area contributed by atoms with Gasteiger partial charge in [0.25, 0.3) is 0 Å². The van der Waals surface area contributed by atoms with E-state index in [4.69, 9.17) is 9.97 Å². The molecule has 0 radical (unpaired) electrons. The number of H-pyrrole nitrogens is 2. The van der Waals surface area contributed by atoms with Crippen molar-refractivity contribution in [2.24, 2.45) is 0 Å². The van der Waals surface area contributed by atoms with Gasteiger partial charge in [-0.25, -0.2) is 4.98 Å². The average Bonchev–Trinajstić information content (AvgIpc) is 3.52. The van der Waals surface area contributed by atoms with Gasteiger partial charge in [0, 0.05) is 41.6 Å². The van der Waals surface area contributed by atoms with E-state index in [1.54, 1.807) is 0 Å². The van der Waals surface area contributed by atoms with Gasteiger partial charge in [0.05, 0.1) is 22.4 Å². The molecule has 0 unspecified atom stereocenters. The van der Waals surface area contributed by atoms with Crippen LogP contribution in [0.2, 0.25) is 0 Å². The molecule has 6 aromatic rings. The van der Waals surface area contributed by atoms with Gasteiger partial charge in [-0.1, -0.05) is 24.3 Å². The van der Waals surface area contributed by atoms with Crippen LogP contribution in [0.15, 0.2) is 73.2 Å². The number of aromatic nitrogens is 6. The molecule has 2 aromatic carbocycles. The van der Waals surface area contributed by atoms with Crippen molar-refractivity contribution in [2.75, 3.05) is 11.9 Å². The van der Waals surface area contributed by atoms with Crippen LogP contribution in [0.1, 0.15) is 18.4 Å². The molecule has 8 bridgehead atoms. The Morgan fingerprint density at radius 1 is 0.800 bits per heavy atom. The Morgan fingerprint density at radius 3 is 2.80 bits per heavy atom. The molecule has 7 rings (SSSR count). The first-order chi connectivity index (χ1) is 17.3. The molecule has 0 saturated heterocycles. The minimum atomic E-state index is 0.722. The highest BCUT2D eigenvalue weighted by molar-refractivity contribution is 5.97. The van der Waals surface area contributed by atoms with E-state index in [1.807, 2.05) is 24.7 Å². The minimum absolute atomic E-state index is 0.722. The zero-order chi connectivity index (χ0) is 23.2. The molecule has 1 aliphatic heterocycles. The largest absolute Gasteiger partial charge is 0.384 e. The van der Waals surface area contributed by atoms with E-state index in [0.717, 1.165) is 87.3 Å². The van der Waals surface area contributed by atoms with Crippen molar-refractivity contribution < 1.29 is 0 Å². The molecule has 4 aromatic heterocycles. The van der Waals surface area contributed by atoms with Gasteiger partial charge in [-0.2, -0.15) is 5.10 Å². The SMILES string of the molecule is c1cc2cc(c1)-c1nccc3[nH]c(nc13)-c1n[nH]c3ccc(cc13)-c1cncc(c1)NCCCC2. The number of anilines is 1. The second kappa shape index (κ2) is 8.06. The molecular weight excluding hydrogens is 434 g/mol. The number of imidazole rings is 1. The number of hydrogen-bond donors (Lipinski definition) is 3. The molecule has 3 N–H and O–H groups in total. The van der Waals surface area contributed by atoms with E-state index in [1.165, 1.54) is 5.56 Å². The average molecular weight is 458 g/mol. The highest BCUT2D eigenvalue weighted by Gasteiger charge is 2.17. The van der Waals surface area contributed by atoms with Crippen molar-refractivity contribution in [3.05, 3.63) is 78.8 Å². The summed E-state index contributed by atoms with van der Waals surface area (Å²) in [5.74, 6) is 0.722. The predicted octanol–water partition coefficient (Wildman–Crippen LogP) is 5.98. The summed E-state index contributed by atoms with van der Waals surface area (Å²) in [6.45, 7) is 0.909. The highest BCUT2D eigenvalue weighted by atomic mass is 15.1. The lowest BCUT2D eigenvalue weighted by atomic mass is 10.0. The number of nitrogens with zero attached hydrogens (tertiary/aromatic N) is 4. The third-order valence-electron chi connectivity index (χ3n) is 6.68. The first-order valence-corrected chi connectivity index (χ1v) is 11.9. The summed E-state index contributed by atoms with van der Waals surface area (Å²) in [5, 5.41) is 12.3. The summed E-state index contributed by atoms with van der Waals surface area (Å²) >= 11 is 0. The number of hydrogen-bond acceptors (Lipinski definition) is 5. The van der Waals surface area contributed by atoms with Crippen LogP contribution in [-0.2, 0) is 6.42 Å². The van der Waals surface area contributed by atoms with Gasteiger partial charge < -0.3 is 10.3 Å². The summed E-state index contributed by atoms with van der Waals surface area (Å²) < 4.78 is 0. The molecule has 0 amide bonds. The number of nitrogens with one attached hydrogen (secondary N) is 3. The zero-order valence-electron chi connectivity index (χ0n) is 19.0. The smallest absolute Gasteiger partial charge is 0.159 e. The van der Waals surface area contributed by atoms with Crippen molar-refractivity contribution in [3.63, 3.8) is 0 Å². The quantitative estimate of drug-likeness (QED) is 0.261. The fourth-order valence-electron chi connectivity index (χ4n) is 4.89. The first-order valence-electron chi connectivity index (χ1n) is 11.9. The van der Waals surface area contributed by atoms with Crippen LogP contribution < -0.4 is 5.32 Å². The number of fused-ring (bicyclic) bond motifs is 9. The van der Waals surface area contributed by atoms with Gasteiger partial charge in [-0.3, -0.25) is 15.1 Å². The van der Waals surface area contributed by atoms with Gasteiger partial charge in [0.1, 0.15) is 11.2 Å². The number of pyridine rings is 2. The summed E-state index contributed by atoms with van der Waals surface area (Å²) in [5.41, 5.74) is 10.0. The van der Waals surface area contributed by atoms with Gasteiger partial charge in [-0.05, 0) is 60.7 Å². The van der Waals surface area contributed by atoms with Crippen molar-refractivity contribution in [2.45, 2.75) is 19.3 Å². The molecule has 0 saturated carbocycles. The fraction of sp³-hybridized carbons (Fsp3) is 0.143. The number of benzene rings is 2. The molecule has 1 aliphatic rings. The third-order valence-corrected chi connectivity index (χ3v) is 6.68. The Kier molecular flexibility index (Phi) is 4.58. The van der Waals surface area contributed by atoms with Crippen LogP contribution in [0.4, 0.5) is 5.69 Å². The maximum Gasteiger partial charge on any atom is 0.159 e. The Hall–Kier alpha value is -4.52. The predicted molar refractivity (Wildman–Crippen MR) is 139 cm³/mol. The number of aryl methyl sites for hydroxylation is 1. The molecule has 0 atom stereocenters. The van der Waals surface area contributed by atoms with Crippen LogP contribution in [0.5, 0.6) is 0 Å².